The molecular formula is C8H19ClOSi. The van der Waals surface area contributed by atoms with Crippen LogP contribution in [0.25, 0.3) is 0 Å². The first-order chi connectivity index (χ1) is 5.06. The molecule has 0 amide bonds. The van der Waals surface area contributed by atoms with Gasteiger partial charge < -0.3 is 4.43 Å². The summed E-state index contributed by atoms with van der Waals surface area (Å²) < 4.78 is 5.67. The molecule has 0 heterocycles. The van der Waals surface area contributed by atoms with E-state index in [1.54, 1.807) is 0 Å². The molecule has 0 rings (SSSR count). The van der Waals surface area contributed by atoms with E-state index < -0.39 is 8.32 Å². The first-order valence-electron chi connectivity index (χ1n) is 4.26. The van der Waals surface area contributed by atoms with Crippen LogP contribution in [0, 0.1) is 0 Å². The van der Waals surface area contributed by atoms with Crippen molar-refractivity contribution in [3.8, 4) is 0 Å². The predicted octanol–water partition coefficient (Wildman–Crippen LogP) is 3.25. The highest BCUT2D eigenvalue weighted by Crippen LogP contribution is 2.05. The molecule has 0 aliphatic carbocycles. The molecule has 0 aromatic heterocycles. The lowest BCUT2D eigenvalue weighted by Gasteiger charge is -2.16. The van der Waals surface area contributed by atoms with Crippen LogP contribution in [0.5, 0.6) is 0 Å². The van der Waals surface area contributed by atoms with E-state index in [0.717, 1.165) is 25.3 Å². The van der Waals surface area contributed by atoms with E-state index in [1.165, 1.54) is 6.42 Å². The van der Waals surface area contributed by atoms with Crippen LogP contribution in [-0.2, 0) is 4.43 Å². The van der Waals surface area contributed by atoms with Crippen molar-refractivity contribution >= 4 is 19.9 Å². The Morgan fingerprint density at radius 2 is 1.73 bits per heavy atom. The maximum atomic E-state index is 5.67. The van der Waals surface area contributed by atoms with Gasteiger partial charge in [0.05, 0.1) is 0 Å². The summed E-state index contributed by atoms with van der Waals surface area (Å²) >= 11 is 5.54. The monoisotopic (exact) mass is 194 g/mol. The quantitative estimate of drug-likeness (QED) is 0.359. The zero-order valence-electron chi connectivity index (χ0n) is 7.82. The number of rotatable bonds is 6. The van der Waals surface area contributed by atoms with Crippen LogP contribution in [0.1, 0.15) is 19.3 Å². The summed E-state index contributed by atoms with van der Waals surface area (Å²) in [4.78, 5) is 0. The Labute approximate surface area is 76.2 Å². The number of alkyl halides is 1. The first kappa shape index (κ1) is 11.5. The molecular weight excluding hydrogens is 176 g/mol. The summed E-state index contributed by atoms with van der Waals surface area (Å²) in [6.45, 7) is 7.57. The second kappa shape index (κ2) is 6.04. The van der Waals surface area contributed by atoms with Gasteiger partial charge in [-0.05, 0) is 32.5 Å². The average molecular weight is 195 g/mol. The predicted molar refractivity (Wildman–Crippen MR) is 53.9 cm³/mol. The first-order valence-corrected chi connectivity index (χ1v) is 8.20. The second-order valence-electron chi connectivity index (χ2n) is 3.71. The Balaban J connectivity index is 3.02. The van der Waals surface area contributed by atoms with E-state index in [4.69, 9.17) is 16.0 Å². The van der Waals surface area contributed by atoms with Crippen molar-refractivity contribution in [2.24, 2.45) is 0 Å². The molecule has 3 heteroatoms. The Morgan fingerprint density at radius 3 is 2.18 bits per heavy atom. The SMILES string of the molecule is C[Si](C)(C)OCCCCCCl. The largest absolute Gasteiger partial charge is 0.418 e. The highest BCUT2D eigenvalue weighted by molar-refractivity contribution is 6.69. The molecule has 0 radical (unpaired) electrons. The van der Waals surface area contributed by atoms with Gasteiger partial charge in [-0.2, -0.15) is 0 Å². The normalized spacial score (nSPS) is 12.0. The maximum Gasteiger partial charge on any atom is 0.183 e. The van der Waals surface area contributed by atoms with E-state index in [0.29, 0.717) is 0 Å². The Morgan fingerprint density at radius 1 is 1.09 bits per heavy atom. The fraction of sp³-hybridized carbons (Fsp3) is 1.00. The third-order valence-electron chi connectivity index (χ3n) is 1.31. The average Bonchev–Trinajstić information content (AvgIpc) is 1.85. The number of hydrogen-bond donors (Lipinski definition) is 0. The maximum absolute atomic E-state index is 5.67. The van der Waals surface area contributed by atoms with Gasteiger partial charge in [0.1, 0.15) is 0 Å². The molecule has 0 fully saturated rings. The second-order valence-corrected chi connectivity index (χ2v) is 8.60. The summed E-state index contributed by atoms with van der Waals surface area (Å²) in [7, 11) is -1.25. The molecule has 0 aliphatic heterocycles. The topological polar surface area (TPSA) is 9.23 Å². The molecule has 0 atom stereocenters. The third-order valence-corrected chi connectivity index (χ3v) is 2.65. The van der Waals surface area contributed by atoms with Gasteiger partial charge in [0.15, 0.2) is 8.32 Å². The van der Waals surface area contributed by atoms with Gasteiger partial charge >= 0.3 is 0 Å². The van der Waals surface area contributed by atoms with Gasteiger partial charge in [-0.1, -0.05) is 6.42 Å². The van der Waals surface area contributed by atoms with Crippen LogP contribution in [0.3, 0.4) is 0 Å². The summed E-state index contributed by atoms with van der Waals surface area (Å²) in [5.74, 6) is 0.785. The molecule has 0 N–H and O–H groups in total. The van der Waals surface area contributed by atoms with Gasteiger partial charge in [-0.3, -0.25) is 0 Å². The minimum Gasteiger partial charge on any atom is -0.418 e. The van der Waals surface area contributed by atoms with Crippen molar-refractivity contribution in [2.75, 3.05) is 12.5 Å². The fourth-order valence-electron chi connectivity index (χ4n) is 0.752. The van der Waals surface area contributed by atoms with Crippen molar-refractivity contribution in [2.45, 2.75) is 38.9 Å². The molecule has 0 spiro atoms. The van der Waals surface area contributed by atoms with Crippen LogP contribution < -0.4 is 0 Å². The molecule has 0 saturated heterocycles. The summed E-state index contributed by atoms with van der Waals surface area (Å²) in [5, 5.41) is 0. The number of hydrogen-bond acceptors (Lipinski definition) is 1. The van der Waals surface area contributed by atoms with Crippen molar-refractivity contribution in [3.05, 3.63) is 0 Å². The molecule has 68 valence electrons. The minimum absolute atomic E-state index is 0.785. The Bertz CT molecular complexity index is 90.6. The standard InChI is InChI=1S/C8H19ClOSi/c1-11(2,3)10-8-6-4-5-7-9/h4-8H2,1-3H3. The van der Waals surface area contributed by atoms with E-state index in [1.807, 2.05) is 0 Å². The van der Waals surface area contributed by atoms with Gasteiger partial charge in [-0.15, -0.1) is 11.6 Å². The van der Waals surface area contributed by atoms with E-state index in [-0.39, 0.29) is 0 Å². The lowest BCUT2D eigenvalue weighted by molar-refractivity contribution is 0.300. The number of halogens is 1. The van der Waals surface area contributed by atoms with E-state index in [9.17, 15) is 0 Å². The zero-order chi connectivity index (χ0) is 8.74. The molecule has 0 aliphatic rings. The van der Waals surface area contributed by atoms with E-state index in [2.05, 4.69) is 19.6 Å². The van der Waals surface area contributed by atoms with Crippen LogP contribution in [-0.4, -0.2) is 20.8 Å². The van der Waals surface area contributed by atoms with Crippen LogP contribution in [0.2, 0.25) is 19.6 Å². The van der Waals surface area contributed by atoms with Crippen molar-refractivity contribution < 1.29 is 4.43 Å². The molecule has 0 bridgehead atoms. The molecule has 0 saturated carbocycles. The lowest BCUT2D eigenvalue weighted by atomic mass is 10.3. The summed E-state index contributed by atoms with van der Waals surface area (Å²) in [6.07, 6.45) is 3.49. The van der Waals surface area contributed by atoms with Crippen LogP contribution in [0.15, 0.2) is 0 Å². The van der Waals surface area contributed by atoms with Crippen molar-refractivity contribution in [3.63, 3.8) is 0 Å². The molecule has 11 heavy (non-hydrogen) atoms. The van der Waals surface area contributed by atoms with E-state index >= 15 is 0 Å². The minimum atomic E-state index is -1.25. The van der Waals surface area contributed by atoms with Gasteiger partial charge in [0, 0.05) is 12.5 Å². The van der Waals surface area contributed by atoms with Crippen LogP contribution >= 0.6 is 11.6 Å². The lowest BCUT2D eigenvalue weighted by Crippen LogP contribution is -2.25. The van der Waals surface area contributed by atoms with Crippen molar-refractivity contribution in [1.82, 2.24) is 0 Å². The van der Waals surface area contributed by atoms with Gasteiger partial charge in [0.25, 0.3) is 0 Å². The Kier molecular flexibility index (Phi) is 6.29. The van der Waals surface area contributed by atoms with Crippen molar-refractivity contribution in [1.29, 1.82) is 0 Å². The summed E-state index contributed by atoms with van der Waals surface area (Å²) in [6, 6.07) is 0. The molecule has 0 unspecified atom stereocenters. The highest BCUT2D eigenvalue weighted by atomic mass is 35.5. The van der Waals surface area contributed by atoms with Gasteiger partial charge in [0.2, 0.25) is 0 Å². The molecule has 1 nitrogen and oxygen atoms in total. The van der Waals surface area contributed by atoms with Gasteiger partial charge in [-0.25, -0.2) is 0 Å². The number of unbranched alkanes of at least 4 members (excludes halogenated alkanes) is 2. The fourth-order valence-corrected chi connectivity index (χ4v) is 1.70. The highest BCUT2D eigenvalue weighted by Gasteiger charge is 2.12. The van der Waals surface area contributed by atoms with Crippen LogP contribution in [0.4, 0.5) is 0 Å². The Hall–Kier alpha value is 0.467. The zero-order valence-corrected chi connectivity index (χ0v) is 9.58. The summed E-state index contributed by atoms with van der Waals surface area (Å²) in [5.41, 5.74) is 0. The smallest absolute Gasteiger partial charge is 0.183 e. The molecule has 0 aromatic rings. The third kappa shape index (κ3) is 10.5. The molecule has 0 aromatic carbocycles.